The minimum absolute atomic E-state index is 0.518. The Labute approximate surface area is 97.6 Å². The molecule has 0 saturated carbocycles. The van der Waals surface area contributed by atoms with Crippen LogP contribution in [0.15, 0.2) is 12.5 Å². The molecule has 1 fully saturated rings. The molecule has 1 aromatic rings. The Morgan fingerprint density at radius 2 is 2.06 bits per heavy atom. The highest BCUT2D eigenvalue weighted by Gasteiger charge is 2.13. The molecule has 0 atom stereocenters. The zero-order valence-corrected chi connectivity index (χ0v) is 10.3. The van der Waals surface area contributed by atoms with Crippen LogP contribution in [-0.4, -0.2) is 28.8 Å². The van der Waals surface area contributed by atoms with E-state index >= 15 is 0 Å². The average Bonchev–Trinajstić information content (AvgIpc) is 2.75. The fourth-order valence-corrected chi connectivity index (χ4v) is 2.10. The van der Waals surface area contributed by atoms with Crippen LogP contribution in [0.4, 0.5) is 0 Å². The molecule has 0 radical (unpaired) electrons. The van der Waals surface area contributed by atoms with Crippen molar-refractivity contribution in [2.24, 2.45) is 0 Å². The molecule has 0 spiro atoms. The number of hydrogen-bond acceptors (Lipinski definition) is 3. The van der Waals surface area contributed by atoms with E-state index in [0.717, 1.165) is 19.6 Å². The summed E-state index contributed by atoms with van der Waals surface area (Å²) in [5.41, 5.74) is 1.26. The predicted molar refractivity (Wildman–Crippen MR) is 66.0 cm³/mol. The van der Waals surface area contributed by atoms with E-state index in [1.54, 1.807) is 0 Å². The number of rotatable bonds is 4. The van der Waals surface area contributed by atoms with Gasteiger partial charge in [0.25, 0.3) is 0 Å². The molecule has 1 aliphatic rings. The summed E-state index contributed by atoms with van der Waals surface area (Å²) in [5, 5.41) is 5.84. The van der Waals surface area contributed by atoms with Gasteiger partial charge in [-0.05, 0) is 19.3 Å². The van der Waals surface area contributed by atoms with Crippen molar-refractivity contribution in [2.75, 3.05) is 18.1 Å². The van der Waals surface area contributed by atoms with E-state index in [2.05, 4.69) is 33.8 Å². The summed E-state index contributed by atoms with van der Waals surface area (Å²) in [5.74, 6) is 0. The van der Waals surface area contributed by atoms with Gasteiger partial charge in [-0.3, -0.25) is 0 Å². The highest BCUT2D eigenvalue weighted by molar-refractivity contribution is 5.04. The Morgan fingerprint density at radius 1 is 1.31 bits per heavy atom. The maximum Gasteiger partial charge on any atom is 0.114 e. The Kier molecular flexibility index (Phi) is 3.83. The number of nitrogens with zero attached hydrogens (tertiary/aromatic N) is 3. The summed E-state index contributed by atoms with van der Waals surface area (Å²) in [6.07, 6.45) is 7.86. The van der Waals surface area contributed by atoms with Crippen LogP contribution < -0.4 is 10.3 Å². The first-order valence-electron chi connectivity index (χ1n) is 6.27. The molecule has 0 unspecified atom stereocenters. The Balaban J connectivity index is 2.00. The summed E-state index contributed by atoms with van der Waals surface area (Å²) >= 11 is 0. The summed E-state index contributed by atoms with van der Waals surface area (Å²) in [4.78, 5) is 4.26. The van der Waals surface area contributed by atoms with E-state index in [4.69, 9.17) is 0 Å². The lowest BCUT2D eigenvalue weighted by atomic mass is 10.2. The van der Waals surface area contributed by atoms with Crippen molar-refractivity contribution in [3.63, 3.8) is 0 Å². The zero-order valence-electron chi connectivity index (χ0n) is 10.3. The second-order valence-corrected chi connectivity index (χ2v) is 4.78. The van der Waals surface area contributed by atoms with Gasteiger partial charge in [-0.1, -0.05) is 13.8 Å². The Morgan fingerprint density at radius 3 is 2.75 bits per heavy atom. The van der Waals surface area contributed by atoms with E-state index in [1.165, 1.54) is 25.0 Å². The number of nitrogens with one attached hydrogen (secondary N) is 1. The van der Waals surface area contributed by atoms with E-state index < -0.39 is 0 Å². The minimum atomic E-state index is 0.518. The van der Waals surface area contributed by atoms with Crippen molar-refractivity contribution in [1.82, 2.24) is 15.0 Å². The SMILES string of the molecule is CC(C)NCc1cncn1N1CCCCC1. The number of piperidine rings is 1. The minimum Gasteiger partial charge on any atom is -0.312 e. The lowest BCUT2D eigenvalue weighted by Crippen LogP contribution is -2.40. The summed E-state index contributed by atoms with van der Waals surface area (Å²) in [6.45, 7) is 7.55. The molecule has 2 rings (SSSR count). The molecule has 1 aromatic heterocycles. The van der Waals surface area contributed by atoms with Crippen LogP contribution in [0, 0.1) is 0 Å². The van der Waals surface area contributed by atoms with E-state index in [-0.39, 0.29) is 0 Å². The van der Waals surface area contributed by atoms with Gasteiger partial charge in [0.1, 0.15) is 6.33 Å². The average molecular weight is 222 g/mol. The molecule has 90 valence electrons. The smallest absolute Gasteiger partial charge is 0.114 e. The lowest BCUT2D eigenvalue weighted by Gasteiger charge is -2.30. The topological polar surface area (TPSA) is 33.1 Å². The first-order chi connectivity index (χ1) is 7.77. The molecule has 16 heavy (non-hydrogen) atoms. The molecule has 1 N–H and O–H groups in total. The van der Waals surface area contributed by atoms with Crippen molar-refractivity contribution in [3.05, 3.63) is 18.2 Å². The maximum atomic E-state index is 4.26. The summed E-state index contributed by atoms with van der Waals surface area (Å²) in [6, 6.07) is 0.518. The fraction of sp³-hybridized carbons (Fsp3) is 0.750. The maximum absolute atomic E-state index is 4.26. The van der Waals surface area contributed by atoms with E-state index in [9.17, 15) is 0 Å². The van der Waals surface area contributed by atoms with Crippen molar-refractivity contribution < 1.29 is 0 Å². The Hall–Kier alpha value is -1.03. The van der Waals surface area contributed by atoms with E-state index in [1.807, 2.05) is 12.5 Å². The van der Waals surface area contributed by atoms with E-state index in [0.29, 0.717) is 6.04 Å². The van der Waals surface area contributed by atoms with Gasteiger partial charge in [0.15, 0.2) is 0 Å². The van der Waals surface area contributed by atoms with Gasteiger partial charge in [-0.25, -0.2) is 9.66 Å². The van der Waals surface area contributed by atoms with Crippen LogP contribution >= 0.6 is 0 Å². The quantitative estimate of drug-likeness (QED) is 0.838. The van der Waals surface area contributed by atoms with Gasteiger partial charge in [0.2, 0.25) is 0 Å². The molecule has 4 heteroatoms. The largest absolute Gasteiger partial charge is 0.312 e. The van der Waals surface area contributed by atoms with Crippen LogP contribution in [-0.2, 0) is 6.54 Å². The van der Waals surface area contributed by atoms with Crippen LogP contribution in [0.25, 0.3) is 0 Å². The molecule has 0 aliphatic carbocycles. The second-order valence-electron chi connectivity index (χ2n) is 4.78. The third kappa shape index (κ3) is 2.76. The van der Waals surface area contributed by atoms with Crippen molar-refractivity contribution in [3.8, 4) is 0 Å². The van der Waals surface area contributed by atoms with Gasteiger partial charge >= 0.3 is 0 Å². The normalized spacial score (nSPS) is 17.1. The van der Waals surface area contributed by atoms with Gasteiger partial charge in [-0.15, -0.1) is 0 Å². The molecule has 1 aliphatic heterocycles. The third-order valence-electron chi connectivity index (χ3n) is 3.02. The number of imidazole rings is 1. The Bertz CT molecular complexity index is 313. The standard InChI is InChI=1S/C12H22N4/c1-11(2)14-9-12-8-13-10-16(12)15-6-4-3-5-7-15/h8,10-11,14H,3-7,9H2,1-2H3. The molecular weight excluding hydrogens is 200 g/mol. The highest BCUT2D eigenvalue weighted by atomic mass is 15.6. The highest BCUT2D eigenvalue weighted by Crippen LogP contribution is 2.10. The molecule has 0 aromatic carbocycles. The monoisotopic (exact) mass is 222 g/mol. The van der Waals surface area contributed by atoms with Crippen LogP contribution in [0.2, 0.25) is 0 Å². The van der Waals surface area contributed by atoms with Crippen molar-refractivity contribution in [2.45, 2.75) is 45.7 Å². The van der Waals surface area contributed by atoms with Crippen molar-refractivity contribution in [1.29, 1.82) is 0 Å². The van der Waals surface area contributed by atoms with Crippen LogP contribution in [0.5, 0.6) is 0 Å². The van der Waals surface area contributed by atoms with Gasteiger partial charge in [0.05, 0.1) is 11.9 Å². The van der Waals surface area contributed by atoms with Crippen molar-refractivity contribution >= 4 is 0 Å². The summed E-state index contributed by atoms with van der Waals surface area (Å²) < 4.78 is 2.22. The molecule has 0 amide bonds. The van der Waals surface area contributed by atoms with Gasteiger partial charge in [0, 0.05) is 25.7 Å². The second kappa shape index (κ2) is 5.34. The fourth-order valence-electron chi connectivity index (χ4n) is 2.10. The molecule has 4 nitrogen and oxygen atoms in total. The summed E-state index contributed by atoms with van der Waals surface area (Å²) in [7, 11) is 0. The third-order valence-corrected chi connectivity index (χ3v) is 3.02. The molecular formula is C12H22N4. The first-order valence-corrected chi connectivity index (χ1v) is 6.27. The molecule has 2 heterocycles. The zero-order chi connectivity index (χ0) is 11.4. The van der Waals surface area contributed by atoms with Gasteiger partial charge < -0.3 is 10.3 Å². The number of hydrogen-bond donors (Lipinski definition) is 1. The van der Waals surface area contributed by atoms with Crippen LogP contribution in [0.3, 0.4) is 0 Å². The lowest BCUT2D eigenvalue weighted by molar-refractivity contribution is 0.460. The molecule has 0 bridgehead atoms. The first kappa shape index (κ1) is 11.5. The van der Waals surface area contributed by atoms with Crippen LogP contribution in [0.1, 0.15) is 38.8 Å². The molecule has 1 saturated heterocycles. The predicted octanol–water partition coefficient (Wildman–Crippen LogP) is 1.50. The number of aromatic nitrogens is 2. The van der Waals surface area contributed by atoms with Gasteiger partial charge in [-0.2, -0.15) is 0 Å².